The van der Waals surface area contributed by atoms with Gasteiger partial charge in [0.15, 0.2) is 35.5 Å². The lowest BCUT2D eigenvalue weighted by atomic mass is 9.71. The Kier molecular flexibility index (Phi) is 43.1. The number of ether oxygens (including phenoxy) is 8. The van der Waals surface area contributed by atoms with Crippen LogP contribution in [0, 0.1) is 46.3 Å². The highest BCUT2D eigenvalue weighted by atomic mass is 28.4. The second kappa shape index (κ2) is 45.2. The van der Waals surface area contributed by atoms with E-state index in [2.05, 4.69) is 147 Å². The van der Waals surface area contributed by atoms with Crippen LogP contribution in [0.3, 0.4) is 0 Å². The van der Waals surface area contributed by atoms with E-state index in [4.69, 9.17) is 56.3 Å². The summed E-state index contributed by atoms with van der Waals surface area (Å²) in [4.78, 5) is 39.2. The van der Waals surface area contributed by atoms with Gasteiger partial charge >= 0.3 is 12.1 Å². The molecule has 5 aliphatic heterocycles. The predicted molar refractivity (Wildman–Crippen MR) is 468 cm³/mol. The summed E-state index contributed by atoms with van der Waals surface area (Å²) >= 11 is 0. The molecule has 5 rings (SSSR count). The smallest absolute Gasteiger partial charge is 0.373 e. The number of carbonyl (C=O) groups is 1. The Morgan fingerprint density at radius 1 is 0.650 bits per heavy atom. The van der Waals surface area contributed by atoms with Crippen molar-refractivity contribution in [3.63, 3.8) is 0 Å². The van der Waals surface area contributed by atoms with Gasteiger partial charge in [-0.25, -0.2) is 0 Å². The fourth-order valence-electron chi connectivity index (χ4n) is 18.5. The van der Waals surface area contributed by atoms with Crippen molar-refractivity contribution in [2.75, 3.05) is 55.4 Å². The molecule has 5 fully saturated rings. The maximum atomic E-state index is 14.6. The third-order valence-corrected chi connectivity index (χ3v) is 37.0. The molecule has 5 aliphatic rings. The predicted octanol–water partition coefficient (Wildman–Crippen LogP) is 13.1. The highest BCUT2D eigenvalue weighted by molar-refractivity contribution is 6.74. The van der Waals surface area contributed by atoms with Crippen LogP contribution in [-0.4, -0.2) is 302 Å². The summed E-state index contributed by atoms with van der Waals surface area (Å²) in [6, 6.07) is -0.926. The molecule has 117 heavy (non-hydrogen) atoms. The summed E-state index contributed by atoms with van der Waals surface area (Å²) < 4.78 is 65.1. The van der Waals surface area contributed by atoms with Gasteiger partial charge < -0.3 is 107 Å². The van der Waals surface area contributed by atoms with Crippen LogP contribution in [0.2, 0.25) is 36.3 Å². The van der Waals surface area contributed by atoms with Gasteiger partial charge in [0.05, 0.1) is 90.4 Å². The third-order valence-electron chi connectivity index (χ3n) is 28.1. The molecule has 0 bridgehead atoms. The van der Waals surface area contributed by atoms with Crippen molar-refractivity contribution in [1.29, 1.82) is 0 Å². The van der Waals surface area contributed by atoms with Gasteiger partial charge in [-0.2, -0.15) is 9.59 Å². The normalized spacial score (nSPS) is 37.0. The van der Waals surface area contributed by atoms with E-state index in [1.54, 1.807) is 34.6 Å². The largest absolute Gasteiger partial charge is 0.459 e. The molecule has 0 radical (unpaired) electrons. The van der Waals surface area contributed by atoms with Crippen LogP contribution in [0.4, 0.5) is 0 Å². The number of carbonyl (C=O) groups excluding carboxylic acids is 3. The highest BCUT2D eigenvalue weighted by Gasteiger charge is 2.56. The topological polar surface area (TPSA) is 318 Å². The number of hydrogen-bond donors (Lipinski definition) is 8. The fourth-order valence-corrected chi connectivity index (χ4v) is 21.3. The van der Waals surface area contributed by atoms with Gasteiger partial charge in [-0.05, 0) is 248 Å². The van der Waals surface area contributed by atoms with Crippen LogP contribution in [0.25, 0.3) is 0 Å². The minimum Gasteiger partial charge on any atom is -0.459 e. The number of esters is 1. The summed E-state index contributed by atoms with van der Waals surface area (Å²) in [7, 11) is 6.92. The molecule has 0 aromatic carbocycles. The monoisotopic (exact) mass is 1710 g/mol. The van der Waals surface area contributed by atoms with Gasteiger partial charge in [0, 0.05) is 55.5 Å². The minimum atomic E-state index is -2.45. The molecule has 27 heteroatoms. The van der Waals surface area contributed by atoms with Crippen LogP contribution in [0.15, 0.2) is 0 Å². The number of nitrogens with zero attached hydrogens (tertiary/aromatic N) is 4. The molecule has 0 aromatic rings. The van der Waals surface area contributed by atoms with Crippen molar-refractivity contribution in [1.82, 2.24) is 19.6 Å². The Hall–Kier alpha value is -1.56. The van der Waals surface area contributed by atoms with Crippen molar-refractivity contribution in [3.05, 3.63) is 0 Å². The molecule has 0 amide bonds. The van der Waals surface area contributed by atoms with Crippen LogP contribution < -0.4 is 0 Å². The number of likely N-dealkylation sites (N-methyl/N-ethyl adjacent to an activating group) is 4. The molecule has 5 saturated heterocycles. The average Bonchev–Trinajstić information content (AvgIpc) is 1.57. The Bertz CT molecular complexity index is 2920. The van der Waals surface area contributed by atoms with Gasteiger partial charge in [-0.1, -0.05) is 125 Å². The van der Waals surface area contributed by atoms with E-state index in [-0.39, 0.29) is 76.0 Å². The van der Waals surface area contributed by atoms with Gasteiger partial charge in [-0.3, -0.25) is 4.79 Å². The van der Waals surface area contributed by atoms with E-state index < -0.39 is 143 Å². The van der Waals surface area contributed by atoms with Crippen molar-refractivity contribution in [3.8, 4) is 0 Å². The minimum absolute atomic E-state index is 0.0280. The van der Waals surface area contributed by atoms with E-state index in [1.807, 2.05) is 114 Å². The number of cyclic esters (lactones) is 1. The first-order valence-corrected chi connectivity index (χ1v) is 50.2. The Balaban J connectivity index is 0.000000689. The van der Waals surface area contributed by atoms with Gasteiger partial charge in [0.25, 0.3) is 0 Å². The van der Waals surface area contributed by atoms with Crippen LogP contribution in [-0.2, 0) is 61.1 Å². The molecule has 694 valence electrons. The van der Waals surface area contributed by atoms with Crippen molar-refractivity contribution in [2.24, 2.45) is 46.3 Å². The van der Waals surface area contributed by atoms with E-state index in [0.29, 0.717) is 88.0 Å². The highest BCUT2D eigenvalue weighted by Crippen LogP contribution is 2.47. The SMILES string of the molecule is CC1CC(C)(C)[C@@H](C)[C@H](C)O1.CC[C@@H](O)[C@H](C)[C@@H](OC1O[C@H](C)C[C@H](N(C)C)[C@H]1O)[C@](C)(O)C[C@@H](C)CN(C)[C@H](C)[C@@H](O[Si](C)(C)C(C)(C)C)[C@](C)(O)[C@H](O)CC.CC[C@H]1OC(=O)[C@H](C)[C@@H](OC2CC(C)(C)C[C@H](C)O2)[C@H](C)[C@@H](OC2O[C@H](C)C[C@H](N(C)C)[C@H]2O)[C@](C)(O)C[C@@H](C)CN(C)[C@H](C)[C@@H](O[Si](C)(C)C(C)(C)C)[C@]1(C)O.O=C=O. The standard InChI is InChI=1S/C44H86N2O10Si.C35H74N2O8Si.C10H20O.CO2/c1-20-33-44(14,50)38(56-57(18,19)41(8,9)10)31(7)46(17)25-26(2)22-43(13,49)37(55-40-35(47)32(45(15)16)21-27(3)52-40)29(5)36(30(6)39(48)53-33)54-34-24-42(11,12)23-28(4)51-34;1-17-27(38)24(5)30(44-32-29(40)26(36(12)13)19-23(4)43-32)34(10,41)20-22(3)21-37(14)25(6)31(35(11,42)28(39)18-2)45-46(15,16)33(7,8)9;1-7-6-10(4,5)8(2)9(3)11-7;2-1-3/h26-38,40,47,49-50H,20-25H2,1-19H3;22-32,38-42H,17-21H2,1-16H3;7-9H,6H2,1-5H3;/t26-,27-,28+,29+,30-,31-,32+,33-,34?,35-,36+,37-,38-,40?,43-,44-;22-,23-,24+,25-,26+,27-,28-,29-,30-,31-,32?,34-,35-;7?,8-,9-;/m110./s1. The molecule has 4 unspecified atom stereocenters. The van der Waals surface area contributed by atoms with Crippen LogP contribution >= 0.6 is 0 Å². The lowest BCUT2D eigenvalue weighted by Gasteiger charge is -2.49. The molecular weight excluding hydrogens is 1530 g/mol. The zero-order valence-electron chi connectivity index (χ0n) is 81.3. The first-order valence-electron chi connectivity index (χ1n) is 44.4. The number of hydrogen-bond acceptors (Lipinski definition) is 25. The van der Waals surface area contributed by atoms with Crippen LogP contribution in [0.1, 0.15) is 272 Å². The first-order chi connectivity index (χ1) is 52.9. The van der Waals surface area contributed by atoms with Gasteiger partial charge in [0.2, 0.25) is 0 Å². The zero-order chi connectivity index (χ0) is 91.3. The Morgan fingerprint density at radius 3 is 1.59 bits per heavy atom. The van der Waals surface area contributed by atoms with E-state index in [1.165, 1.54) is 6.42 Å². The number of aliphatic hydroxyl groups excluding tert-OH is 4. The van der Waals surface area contributed by atoms with Gasteiger partial charge in [-0.15, -0.1) is 0 Å². The number of rotatable bonds is 26. The molecule has 0 saturated carbocycles. The van der Waals surface area contributed by atoms with E-state index in [9.17, 15) is 45.6 Å². The molecule has 8 N–H and O–H groups in total. The molecular formula is C90H180N4O21Si2. The summed E-state index contributed by atoms with van der Waals surface area (Å²) in [6.45, 7) is 70.9. The second-order valence-electron chi connectivity index (χ2n) is 43.0. The van der Waals surface area contributed by atoms with Crippen molar-refractivity contribution in [2.45, 2.75) is 465 Å². The first kappa shape index (κ1) is 112. The van der Waals surface area contributed by atoms with Crippen LogP contribution in [0.5, 0.6) is 0 Å². The molecule has 25 nitrogen and oxygen atoms in total. The summed E-state index contributed by atoms with van der Waals surface area (Å²) in [6.07, 6.45) is -4.46. The summed E-state index contributed by atoms with van der Waals surface area (Å²) in [5.41, 5.74) is -5.48. The summed E-state index contributed by atoms with van der Waals surface area (Å²) in [5.74, 6) is -1.86. The third kappa shape index (κ3) is 31.2. The maximum absolute atomic E-state index is 14.6. The lowest BCUT2D eigenvalue weighted by Crippen LogP contribution is -2.63. The second-order valence-corrected chi connectivity index (χ2v) is 52.5. The Morgan fingerprint density at radius 2 is 1.14 bits per heavy atom. The maximum Gasteiger partial charge on any atom is 0.373 e. The molecule has 0 aliphatic carbocycles. The van der Waals surface area contributed by atoms with Crippen molar-refractivity contribution < 1.29 is 102 Å². The van der Waals surface area contributed by atoms with E-state index >= 15 is 0 Å². The van der Waals surface area contributed by atoms with E-state index in [0.717, 1.165) is 6.42 Å². The quantitative estimate of drug-likeness (QED) is 0.0295. The van der Waals surface area contributed by atoms with Gasteiger partial charge in [0.1, 0.15) is 29.5 Å². The molecule has 32 atom stereocenters. The zero-order valence-corrected chi connectivity index (χ0v) is 83.3. The average molecular weight is 1710 g/mol. The molecule has 5 heterocycles. The van der Waals surface area contributed by atoms with Crippen molar-refractivity contribution >= 4 is 28.8 Å². The Labute approximate surface area is 713 Å². The summed E-state index contributed by atoms with van der Waals surface area (Å²) in [5, 5.41) is 93.6. The fraction of sp³-hybridized carbons (Fsp3) is 0.978. The molecule has 0 spiro atoms. The number of aliphatic hydroxyl groups is 8. The lowest BCUT2D eigenvalue weighted by molar-refractivity contribution is -0.308. The molecule has 0 aromatic heterocycles.